The Balaban J connectivity index is 1.73. The van der Waals surface area contributed by atoms with E-state index in [0.717, 1.165) is 6.42 Å². The molecule has 1 unspecified atom stereocenters. The van der Waals surface area contributed by atoms with Gasteiger partial charge in [-0.25, -0.2) is 13.2 Å². The van der Waals surface area contributed by atoms with Crippen molar-refractivity contribution < 1.29 is 13.2 Å². The zero-order chi connectivity index (χ0) is 15.7. The lowest BCUT2D eigenvalue weighted by atomic mass is 10.0. The van der Waals surface area contributed by atoms with Gasteiger partial charge in [-0.2, -0.15) is 0 Å². The Morgan fingerprint density at radius 3 is 2.68 bits per heavy atom. The zero-order valence-corrected chi connectivity index (χ0v) is 13.7. The molecule has 1 atom stereocenters. The molecule has 0 bridgehead atoms. The van der Waals surface area contributed by atoms with Gasteiger partial charge in [0, 0.05) is 25.7 Å². The number of rotatable bonds is 2. The second-order valence-electron chi connectivity index (χ2n) is 6.07. The Bertz CT molecular complexity index is 672. The third kappa shape index (κ3) is 2.97. The fraction of sp³-hybridized carbons (Fsp3) is 0.562. The summed E-state index contributed by atoms with van der Waals surface area (Å²) < 4.78 is 23.3. The minimum absolute atomic E-state index is 0.0286. The van der Waals surface area contributed by atoms with Crippen molar-refractivity contribution in [2.45, 2.75) is 32.4 Å². The molecule has 0 aromatic heterocycles. The van der Waals surface area contributed by atoms with Crippen molar-refractivity contribution in [3.63, 3.8) is 0 Å². The summed E-state index contributed by atoms with van der Waals surface area (Å²) in [5.41, 5.74) is 2.50. The van der Waals surface area contributed by atoms with Gasteiger partial charge in [0.25, 0.3) is 0 Å². The van der Waals surface area contributed by atoms with Gasteiger partial charge in [-0.05, 0) is 30.9 Å². The van der Waals surface area contributed by atoms with Crippen LogP contribution in [0.3, 0.4) is 0 Å². The Morgan fingerprint density at radius 2 is 2.05 bits per heavy atom. The number of carbonyl (C=O) groups is 1. The molecule has 120 valence electrons. The summed E-state index contributed by atoms with van der Waals surface area (Å²) in [6.07, 6.45) is 1.43. The Morgan fingerprint density at radius 1 is 1.32 bits per heavy atom. The zero-order valence-electron chi connectivity index (χ0n) is 12.9. The highest BCUT2D eigenvalue weighted by Gasteiger charge is 2.36. The molecule has 3 rings (SSSR count). The van der Waals surface area contributed by atoms with Crippen LogP contribution >= 0.6 is 0 Å². The molecule has 2 aliphatic heterocycles. The lowest BCUT2D eigenvalue weighted by Gasteiger charge is -2.36. The molecule has 6 heteroatoms. The number of fused-ring (bicyclic) bond motifs is 1. The van der Waals surface area contributed by atoms with E-state index in [9.17, 15) is 13.2 Å². The second kappa shape index (κ2) is 5.91. The van der Waals surface area contributed by atoms with E-state index < -0.39 is 9.84 Å². The minimum Gasteiger partial charge on any atom is -0.321 e. The molecule has 0 N–H and O–H groups in total. The van der Waals surface area contributed by atoms with E-state index in [1.54, 1.807) is 4.90 Å². The SMILES string of the molecule is CCN(C(=O)N1CCc2ccccc2C1)C1CCS(=O)(=O)C1. The van der Waals surface area contributed by atoms with Crippen molar-refractivity contribution in [3.05, 3.63) is 35.4 Å². The molecule has 1 fully saturated rings. The third-order valence-corrected chi connectivity index (χ3v) is 6.39. The number of carbonyl (C=O) groups excluding carboxylic acids is 1. The highest BCUT2D eigenvalue weighted by molar-refractivity contribution is 7.91. The maximum absolute atomic E-state index is 12.8. The first-order valence-electron chi connectivity index (χ1n) is 7.83. The number of sulfone groups is 1. The molecule has 0 spiro atoms. The van der Waals surface area contributed by atoms with E-state index in [1.165, 1.54) is 11.1 Å². The molecule has 1 aromatic rings. The average molecular weight is 322 g/mol. The predicted octanol–water partition coefficient (Wildman–Crippen LogP) is 1.67. The van der Waals surface area contributed by atoms with Crippen molar-refractivity contribution in [2.75, 3.05) is 24.6 Å². The second-order valence-corrected chi connectivity index (χ2v) is 8.29. The third-order valence-electron chi connectivity index (χ3n) is 4.64. The molecule has 0 radical (unpaired) electrons. The molecule has 1 saturated heterocycles. The Hall–Kier alpha value is -1.56. The molecule has 2 amide bonds. The number of benzene rings is 1. The van der Waals surface area contributed by atoms with Gasteiger partial charge in [-0.1, -0.05) is 24.3 Å². The van der Waals surface area contributed by atoms with Crippen LogP contribution in [0.1, 0.15) is 24.5 Å². The largest absolute Gasteiger partial charge is 0.321 e. The molecule has 5 nitrogen and oxygen atoms in total. The molecular formula is C16H22N2O3S. The normalized spacial score (nSPS) is 23.1. The predicted molar refractivity (Wildman–Crippen MR) is 85.4 cm³/mol. The number of hydrogen-bond acceptors (Lipinski definition) is 3. The summed E-state index contributed by atoms with van der Waals surface area (Å²) in [7, 11) is -2.98. The fourth-order valence-corrected chi connectivity index (χ4v) is 5.14. The Labute approximate surface area is 131 Å². The number of amides is 2. The molecule has 2 heterocycles. The van der Waals surface area contributed by atoms with E-state index in [0.29, 0.717) is 26.1 Å². The standard InChI is InChI=1S/C16H22N2O3S/c1-2-18(15-8-10-22(20,21)12-15)16(19)17-9-7-13-5-3-4-6-14(13)11-17/h3-6,15H,2,7-12H2,1H3. The van der Waals surface area contributed by atoms with Crippen LogP contribution in [-0.4, -0.2) is 54.9 Å². The van der Waals surface area contributed by atoms with Crippen LogP contribution in [0.25, 0.3) is 0 Å². The smallest absolute Gasteiger partial charge is 0.320 e. The van der Waals surface area contributed by atoms with E-state index in [2.05, 4.69) is 12.1 Å². The van der Waals surface area contributed by atoms with Gasteiger partial charge in [0.1, 0.15) is 0 Å². The topological polar surface area (TPSA) is 57.7 Å². The van der Waals surface area contributed by atoms with Gasteiger partial charge < -0.3 is 9.80 Å². The average Bonchev–Trinajstić information content (AvgIpc) is 2.87. The molecule has 1 aromatic carbocycles. The number of urea groups is 1. The van der Waals surface area contributed by atoms with Crippen LogP contribution in [0, 0.1) is 0 Å². The quantitative estimate of drug-likeness (QED) is 0.832. The van der Waals surface area contributed by atoms with Gasteiger partial charge >= 0.3 is 6.03 Å². The fourth-order valence-electron chi connectivity index (χ4n) is 3.41. The first kappa shape index (κ1) is 15.3. The van der Waals surface area contributed by atoms with Gasteiger partial charge in [-0.15, -0.1) is 0 Å². The van der Waals surface area contributed by atoms with Gasteiger partial charge in [-0.3, -0.25) is 0 Å². The van der Waals surface area contributed by atoms with Crippen molar-refractivity contribution in [3.8, 4) is 0 Å². The van der Waals surface area contributed by atoms with Crippen molar-refractivity contribution in [1.29, 1.82) is 0 Å². The van der Waals surface area contributed by atoms with Crippen LogP contribution in [-0.2, 0) is 22.8 Å². The summed E-state index contributed by atoms with van der Waals surface area (Å²) >= 11 is 0. The van der Waals surface area contributed by atoms with Crippen LogP contribution in [0.5, 0.6) is 0 Å². The maximum atomic E-state index is 12.8. The van der Waals surface area contributed by atoms with Gasteiger partial charge in [0.2, 0.25) is 0 Å². The monoisotopic (exact) mass is 322 g/mol. The van der Waals surface area contributed by atoms with Crippen LogP contribution in [0.4, 0.5) is 4.79 Å². The van der Waals surface area contributed by atoms with Gasteiger partial charge in [0.05, 0.1) is 11.5 Å². The summed E-state index contributed by atoms with van der Waals surface area (Å²) in [5.74, 6) is 0.307. The lowest BCUT2D eigenvalue weighted by Crippen LogP contribution is -2.49. The molecule has 0 saturated carbocycles. The highest BCUT2D eigenvalue weighted by Crippen LogP contribution is 2.23. The minimum atomic E-state index is -2.98. The van der Waals surface area contributed by atoms with Crippen molar-refractivity contribution in [2.24, 2.45) is 0 Å². The molecule has 0 aliphatic carbocycles. The first-order valence-corrected chi connectivity index (χ1v) is 9.65. The van der Waals surface area contributed by atoms with E-state index in [4.69, 9.17) is 0 Å². The molecule has 22 heavy (non-hydrogen) atoms. The van der Waals surface area contributed by atoms with Crippen molar-refractivity contribution >= 4 is 15.9 Å². The molecule has 2 aliphatic rings. The lowest BCUT2D eigenvalue weighted by molar-refractivity contribution is 0.135. The van der Waals surface area contributed by atoms with Crippen molar-refractivity contribution in [1.82, 2.24) is 9.80 Å². The highest BCUT2D eigenvalue weighted by atomic mass is 32.2. The summed E-state index contributed by atoms with van der Waals surface area (Å²) in [6, 6.07) is 7.99. The molecular weight excluding hydrogens is 300 g/mol. The van der Waals surface area contributed by atoms with Crippen LogP contribution < -0.4 is 0 Å². The van der Waals surface area contributed by atoms with E-state index in [1.807, 2.05) is 24.0 Å². The van der Waals surface area contributed by atoms with Crippen LogP contribution in [0.2, 0.25) is 0 Å². The number of nitrogens with zero attached hydrogens (tertiary/aromatic N) is 2. The first-order chi connectivity index (χ1) is 10.5. The van der Waals surface area contributed by atoms with E-state index in [-0.39, 0.29) is 23.6 Å². The Kier molecular flexibility index (Phi) is 4.12. The summed E-state index contributed by atoms with van der Waals surface area (Å²) in [4.78, 5) is 16.4. The van der Waals surface area contributed by atoms with Crippen LogP contribution in [0.15, 0.2) is 24.3 Å². The number of hydrogen-bond donors (Lipinski definition) is 0. The maximum Gasteiger partial charge on any atom is 0.320 e. The summed E-state index contributed by atoms with van der Waals surface area (Å²) in [6.45, 7) is 3.79. The van der Waals surface area contributed by atoms with Gasteiger partial charge in [0.15, 0.2) is 9.84 Å². The summed E-state index contributed by atoms with van der Waals surface area (Å²) in [5, 5.41) is 0. The van der Waals surface area contributed by atoms with E-state index >= 15 is 0 Å².